The predicted molar refractivity (Wildman–Crippen MR) is 73.3 cm³/mol. The van der Waals surface area contributed by atoms with Crippen LogP contribution in [-0.4, -0.2) is 6.03 Å². The second-order valence-electron chi connectivity index (χ2n) is 4.00. The Kier molecular flexibility index (Phi) is 3.63. The molecule has 0 saturated heterocycles. The molecule has 18 heavy (non-hydrogen) atoms. The lowest BCUT2D eigenvalue weighted by Gasteiger charge is -2.11. The van der Waals surface area contributed by atoms with Crippen LogP contribution in [0.3, 0.4) is 0 Å². The normalized spacial score (nSPS) is 10.1. The van der Waals surface area contributed by atoms with E-state index in [1.807, 2.05) is 42.5 Å². The highest BCUT2D eigenvalue weighted by molar-refractivity contribution is 5.93. The van der Waals surface area contributed by atoms with Crippen LogP contribution < -0.4 is 11.1 Å². The second-order valence-corrected chi connectivity index (χ2v) is 4.00. The molecule has 0 unspecified atom stereocenters. The monoisotopic (exact) mass is 239 g/mol. The molecule has 0 spiro atoms. The van der Waals surface area contributed by atoms with Crippen molar-refractivity contribution in [2.24, 2.45) is 5.73 Å². The summed E-state index contributed by atoms with van der Waals surface area (Å²) < 4.78 is 0. The molecule has 0 aromatic heterocycles. The number of urea groups is 1. The van der Waals surface area contributed by atoms with E-state index >= 15 is 0 Å². The molecule has 0 fully saturated rings. The van der Waals surface area contributed by atoms with Crippen molar-refractivity contribution >= 4 is 11.7 Å². The van der Waals surface area contributed by atoms with Crippen LogP contribution in [0.25, 0.3) is 11.1 Å². The van der Waals surface area contributed by atoms with Gasteiger partial charge >= 0.3 is 6.03 Å². The van der Waals surface area contributed by atoms with Crippen LogP contribution in [0, 0.1) is 6.07 Å². The van der Waals surface area contributed by atoms with Crippen LogP contribution in [0.2, 0.25) is 0 Å². The van der Waals surface area contributed by atoms with Crippen molar-refractivity contribution in [1.29, 1.82) is 0 Å². The van der Waals surface area contributed by atoms with Gasteiger partial charge in [0.15, 0.2) is 0 Å². The van der Waals surface area contributed by atoms with Crippen LogP contribution in [0.4, 0.5) is 10.5 Å². The Labute approximate surface area is 107 Å². The zero-order valence-corrected chi connectivity index (χ0v) is 10.2. The molecular weight excluding hydrogens is 224 g/mol. The maximum Gasteiger partial charge on any atom is 0.316 e. The van der Waals surface area contributed by atoms with Crippen molar-refractivity contribution < 1.29 is 4.79 Å². The van der Waals surface area contributed by atoms with E-state index in [0.29, 0.717) is 0 Å². The van der Waals surface area contributed by atoms with E-state index < -0.39 is 6.03 Å². The number of nitrogens with one attached hydrogen (secondary N) is 1. The van der Waals surface area contributed by atoms with Crippen LogP contribution >= 0.6 is 0 Å². The standard InChI is InChI=1S/C15H15N2O/c1-2-11-8-9-13(12-6-4-3-5-7-12)14(10-11)17-15(16)18/h3-6,8-10H,2H2,1H3,(H3,16,17,18). The number of primary amides is 1. The lowest BCUT2D eigenvalue weighted by Crippen LogP contribution is -2.19. The molecule has 2 rings (SSSR count). The summed E-state index contributed by atoms with van der Waals surface area (Å²) in [5.74, 6) is 0. The van der Waals surface area contributed by atoms with Gasteiger partial charge in [0, 0.05) is 5.56 Å². The molecule has 3 heteroatoms. The number of hydrogen-bond acceptors (Lipinski definition) is 1. The van der Waals surface area contributed by atoms with Gasteiger partial charge in [-0.1, -0.05) is 43.3 Å². The fourth-order valence-corrected chi connectivity index (χ4v) is 1.84. The van der Waals surface area contributed by atoms with E-state index in [2.05, 4.69) is 18.3 Å². The summed E-state index contributed by atoms with van der Waals surface area (Å²) in [6.07, 6.45) is 0.909. The van der Waals surface area contributed by atoms with Gasteiger partial charge in [-0.25, -0.2) is 4.79 Å². The molecule has 2 aromatic rings. The molecule has 3 nitrogen and oxygen atoms in total. The molecule has 91 valence electrons. The molecule has 0 bridgehead atoms. The largest absolute Gasteiger partial charge is 0.351 e. The highest BCUT2D eigenvalue weighted by atomic mass is 16.2. The van der Waals surface area contributed by atoms with Crippen molar-refractivity contribution in [1.82, 2.24) is 0 Å². The third-order valence-corrected chi connectivity index (χ3v) is 2.75. The first kappa shape index (κ1) is 12.2. The Hall–Kier alpha value is -2.29. The molecule has 1 radical (unpaired) electrons. The number of benzene rings is 2. The average molecular weight is 239 g/mol. The Morgan fingerprint density at radius 3 is 2.78 bits per heavy atom. The Bertz CT molecular complexity index is 550. The fourth-order valence-electron chi connectivity index (χ4n) is 1.84. The predicted octanol–water partition coefficient (Wildman–Crippen LogP) is 3.21. The molecular formula is C15H15N2O. The number of rotatable bonds is 3. The zero-order chi connectivity index (χ0) is 13.0. The van der Waals surface area contributed by atoms with Gasteiger partial charge in [-0.15, -0.1) is 0 Å². The summed E-state index contributed by atoms with van der Waals surface area (Å²) in [6.45, 7) is 2.07. The van der Waals surface area contributed by atoms with Gasteiger partial charge in [0.2, 0.25) is 0 Å². The quantitative estimate of drug-likeness (QED) is 0.849. The van der Waals surface area contributed by atoms with Crippen LogP contribution in [0.5, 0.6) is 0 Å². The minimum absolute atomic E-state index is 0.555. The zero-order valence-electron chi connectivity index (χ0n) is 10.2. The van der Waals surface area contributed by atoms with Gasteiger partial charge in [0.25, 0.3) is 0 Å². The van der Waals surface area contributed by atoms with E-state index in [4.69, 9.17) is 5.73 Å². The Morgan fingerprint density at radius 1 is 1.33 bits per heavy atom. The van der Waals surface area contributed by atoms with Crippen molar-refractivity contribution in [2.75, 3.05) is 5.32 Å². The number of anilines is 1. The van der Waals surface area contributed by atoms with E-state index in [-0.39, 0.29) is 0 Å². The maximum atomic E-state index is 11.1. The topological polar surface area (TPSA) is 55.1 Å². The molecule has 0 aliphatic carbocycles. The summed E-state index contributed by atoms with van der Waals surface area (Å²) in [5.41, 5.74) is 8.94. The van der Waals surface area contributed by atoms with Gasteiger partial charge in [0.1, 0.15) is 0 Å². The lowest BCUT2D eigenvalue weighted by molar-refractivity contribution is 0.259. The maximum absolute atomic E-state index is 11.1. The molecule has 3 N–H and O–H groups in total. The minimum atomic E-state index is -0.555. The first-order valence-corrected chi connectivity index (χ1v) is 5.87. The highest BCUT2D eigenvalue weighted by Crippen LogP contribution is 2.28. The smallest absolute Gasteiger partial charge is 0.316 e. The van der Waals surface area contributed by atoms with Crippen LogP contribution in [0.1, 0.15) is 12.5 Å². The first-order valence-electron chi connectivity index (χ1n) is 5.87. The molecule has 0 heterocycles. The van der Waals surface area contributed by atoms with E-state index in [1.54, 1.807) is 0 Å². The first-order chi connectivity index (χ1) is 8.70. The summed E-state index contributed by atoms with van der Waals surface area (Å²) in [6, 6.07) is 16.2. The van der Waals surface area contributed by atoms with E-state index in [1.165, 1.54) is 0 Å². The number of carbonyl (C=O) groups is 1. The SMILES string of the molecule is CCc1ccc(-c2[c]cccc2)c(NC(N)=O)c1. The van der Waals surface area contributed by atoms with Crippen molar-refractivity contribution in [2.45, 2.75) is 13.3 Å². The summed E-state index contributed by atoms with van der Waals surface area (Å²) in [5, 5.41) is 2.67. The molecule has 0 atom stereocenters. The minimum Gasteiger partial charge on any atom is -0.351 e. The second kappa shape index (κ2) is 5.36. The van der Waals surface area contributed by atoms with Crippen LogP contribution in [0.15, 0.2) is 42.5 Å². The summed E-state index contributed by atoms with van der Waals surface area (Å²) in [7, 11) is 0. The van der Waals surface area contributed by atoms with Gasteiger partial charge in [-0.3, -0.25) is 0 Å². The number of aryl methyl sites for hydroxylation is 1. The van der Waals surface area contributed by atoms with Crippen LogP contribution in [-0.2, 0) is 6.42 Å². The lowest BCUT2D eigenvalue weighted by atomic mass is 10.0. The number of carbonyl (C=O) groups excluding carboxylic acids is 1. The van der Waals surface area contributed by atoms with Gasteiger partial charge < -0.3 is 11.1 Å². The number of hydrogen-bond donors (Lipinski definition) is 2. The molecule has 2 aromatic carbocycles. The third-order valence-electron chi connectivity index (χ3n) is 2.75. The summed E-state index contributed by atoms with van der Waals surface area (Å²) >= 11 is 0. The highest BCUT2D eigenvalue weighted by Gasteiger charge is 2.07. The fraction of sp³-hybridized carbons (Fsp3) is 0.133. The average Bonchev–Trinajstić information content (AvgIpc) is 2.39. The van der Waals surface area contributed by atoms with E-state index in [9.17, 15) is 4.79 Å². The van der Waals surface area contributed by atoms with Gasteiger partial charge in [-0.05, 0) is 29.7 Å². The third kappa shape index (κ3) is 2.69. The molecule has 0 aliphatic heterocycles. The number of amides is 2. The Balaban J connectivity index is 2.49. The van der Waals surface area contributed by atoms with Gasteiger partial charge in [0.05, 0.1) is 5.69 Å². The van der Waals surface area contributed by atoms with Crippen molar-refractivity contribution in [3.05, 3.63) is 54.1 Å². The van der Waals surface area contributed by atoms with Crippen molar-refractivity contribution in [3.8, 4) is 11.1 Å². The Morgan fingerprint density at radius 2 is 2.17 bits per heavy atom. The number of nitrogens with two attached hydrogens (primary N) is 1. The van der Waals surface area contributed by atoms with E-state index in [0.717, 1.165) is 28.8 Å². The van der Waals surface area contributed by atoms with Gasteiger partial charge in [-0.2, -0.15) is 0 Å². The molecule has 2 amide bonds. The summed E-state index contributed by atoms with van der Waals surface area (Å²) in [4.78, 5) is 11.1. The van der Waals surface area contributed by atoms with Crippen molar-refractivity contribution in [3.63, 3.8) is 0 Å². The molecule has 0 aliphatic rings. The molecule has 0 saturated carbocycles.